The van der Waals surface area contributed by atoms with Crippen LogP contribution in [0, 0.1) is 0 Å². The quantitative estimate of drug-likeness (QED) is 0.448. The van der Waals surface area contributed by atoms with Crippen LogP contribution in [-0.2, 0) is 22.4 Å². The maximum atomic E-state index is 12.9. The van der Waals surface area contributed by atoms with Crippen molar-refractivity contribution in [2.24, 2.45) is 5.16 Å². The summed E-state index contributed by atoms with van der Waals surface area (Å²) in [6.45, 7) is 0.221. The first-order valence-electron chi connectivity index (χ1n) is 7.40. The number of carbonyl (C=O) groups is 1. The Hall–Kier alpha value is -2.84. The Labute approximate surface area is 141 Å². The van der Waals surface area contributed by atoms with Gasteiger partial charge in [0.25, 0.3) is 0 Å². The summed E-state index contributed by atoms with van der Waals surface area (Å²) in [5.74, 6) is -0.955. The second-order valence-electron chi connectivity index (χ2n) is 5.18. The van der Waals surface area contributed by atoms with E-state index in [4.69, 9.17) is 9.94 Å². The van der Waals surface area contributed by atoms with Crippen LogP contribution in [0.25, 0.3) is 0 Å². The SMILES string of the molecule is O=C(O)CCCO/N=C(\Cn1ccnc1)c1cccc(C(F)(F)F)c1. The summed E-state index contributed by atoms with van der Waals surface area (Å²) >= 11 is 0. The number of halogens is 3. The lowest BCUT2D eigenvalue weighted by molar-refractivity contribution is -0.138. The Morgan fingerprint density at radius 3 is 2.80 bits per heavy atom. The third kappa shape index (κ3) is 5.94. The fraction of sp³-hybridized carbons (Fsp3) is 0.312. The number of carboxylic acids is 1. The van der Waals surface area contributed by atoms with Gasteiger partial charge in [-0.1, -0.05) is 17.3 Å². The molecule has 0 spiro atoms. The van der Waals surface area contributed by atoms with Crippen molar-refractivity contribution in [3.05, 3.63) is 54.1 Å². The van der Waals surface area contributed by atoms with Gasteiger partial charge in [-0.3, -0.25) is 4.79 Å². The summed E-state index contributed by atoms with van der Waals surface area (Å²) < 4.78 is 40.3. The molecule has 0 saturated carbocycles. The fourth-order valence-corrected chi connectivity index (χ4v) is 2.01. The molecule has 0 aliphatic heterocycles. The maximum Gasteiger partial charge on any atom is 0.416 e. The molecule has 9 heteroatoms. The van der Waals surface area contributed by atoms with E-state index in [0.29, 0.717) is 0 Å². The number of carboxylic acid groups (broad SMARTS) is 1. The molecule has 2 aromatic rings. The lowest BCUT2D eigenvalue weighted by Crippen LogP contribution is -2.13. The van der Waals surface area contributed by atoms with Crippen molar-refractivity contribution in [2.45, 2.75) is 25.6 Å². The molecule has 0 fully saturated rings. The standard InChI is InChI=1S/C16H16F3N3O3/c17-16(18,19)13-4-1-3-12(9-13)14(10-22-7-6-20-11-22)21-25-8-2-5-15(23)24/h1,3-4,6-7,9,11H,2,5,8,10H2,(H,23,24)/b21-14+. The van der Waals surface area contributed by atoms with Crippen LogP contribution in [0.3, 0.4) is 0 Å². The van der Waals surface area contributed by atoms with Crippen molar-refractivity contribution in [1.29, 1.82) is 0 Å². The highest BCUT2D eigenvalue weighted by Gasteiger charge is 2.30. The third-order valence-corrected chi connectivity index (χ3v) is 3.22. The molecule has 1 aromatic heterocycles. The predicted octanol–water partition coefficient (Wildman–Crippen LogP) is 3.19. The van der Waals surface area contributed by atoms with Crippen LogP contribution < -0.4 is 0 Å². The Morgan fingerprint density at radius 2 is 2.16 bits per heavy atom. The minimum absolute atomic E-state index is 0.0543. The van der Waals surface area contributed by atoms with Crippen molar-refractivity contribution in [3.8, 4) is 0 Å². The minimum atomic E-state index is -4.46. The van der Waals surface area contributed by atoms with Gasteiger partial charge >= 0.3 is 12.1 Å². The zero-order chi connectivity index (χ0) is 18.3. The van der Waals surface area contributed by atoms with Crippen LogP contribution in [0.1, 0.15) is 24.0 Å². The van der Waals surface area contributed by atoms with Gasteiger partial charge in [0.05, 0.1) is 18.4 Å². The molecule has 2 rings (SSSR count). The van der Waals surface area contributed by atoms with Crippen LogP contribution in [0.4, 0.5) is 13.2 Å². The molecule has 0 saturated heterocycles. The largest absolute Gasteiger partial charge is 0.481 e. The van der Waals surface area contributed by atoms with E-state index in [9.17, 15) is 18.0 Å². The molecule has 0 aliphatic rings. The van der Waals surface area contributed by atoms with Crippen LogP contribution >= 0.6 is 0 Å². The van der Waals surface area contributed by atoms with E-state index >= 15 is 0 Å². The number of oxime groups is 1. The summed E-state index contributed by atoms with van der Waals surface area (Å²) in [5, 5.41) is 12.5. The molecule has 0 unspecified atom stereocenters. The van der Waals surface area contributed by atoms with Gasteiger partial charge in [-0.15, -0.1) is 0 Å². The molecule has 6 nitrogen and oxygen atoms in total. The summed E-state index contributed by atoms with van der Waals surface area (Å²) in [7, 11) is 0. The fourth-order valence-electron chi connectivity index (χ4n) is 2.01. The first kappa shape index (κ1) is 18.5. The summed E-state index contributed by atoms with van der Waals surface area (Å²) in [5.41, 5.74) is -0.240. The highest BCUT2D eigenvalue weighted by molar-refractivity contribution is 6.00. The number of nitrogens with zero attached hydrogens (tertiary/aromatic N) is 3. The van der Waals surface area contributed by atoms with E-state index in [2.05, 4.69) is 10.1 Å². The second-order valence-corrected chi connectivity index (χ2v) is 5.18. The Morgan fingerprint density at radius 1 is 1.36 bits per heavy atom. The van der Waals surface area contributed by atoms with Gasteiger partial charge in [0.15, 0.2) is 0 Å². The van der Waals surface area contributed by atoms with Gasteiger partial charge in [-0.2, -0.15) is 13.2 Å². The molecule has 1 aromatic carbocycles. The number of hydrogen-bond acceptors (Lipinski definition) is 4. The lowest BCUT2D eigenvalue weighted by Gasteiger charge is -2.11. The minimum Gasteiger partial charge on any atom is -0.481 e. The van der Waals surface area contributed by atoms with Gasteiger partial charge < -0.3 is 14.5 Å². The number of aliphatic carboxylic acids is 1. The average Bonchev–Trinajstić information content (AvgIpc) is 3.05. The van der Waals surface area contributed by atoms with Crippen molar-refractivity contribution in [1.82, 2.24) is 9.55 Å². The van der Waals surface area contributed by atoms with Gasteiger partial charge in [0.1, 0.15) is 12.3 Å². The molecule has 25 heavy (non-hydrogen) atoms. The van der Waals surface area contributed by atoms with E-state index in [-0.39, 0.29) is 37.3 Å². The van der Waals surface area contributed by atoms with Gasteiger partial charge in [-0.25, -0.2) is 4.98 Å². The molecule has 0 radical (unpaired) electrons. The highest BCUT2D eigenvalue weighted by Crippen LogP contribution is 2.29. The van der Waals surface area contributed by atoms with Crippen LogP contribution in [0.2, 0.25) is 0 Å². The van der Waals surface area contributed by atoms with Crippen molar-refractivity contribution in [3.63, 3.8) is 0 Å². The van der Waals surface area contributed by atoms with Crippen LogP contribution in [-0.4, -0.2) is 32.9 Å². The molecule has 134 valence electrons. The molecule has 0 bridgehead atoms. The smallest absolute Gasteiger partial charge is 0.416 e. The molecule has 0 amide bonds. The molecular weight excluding hydrogens is 339 g/mol. The zero-order valence-corrected chi connectivity index (χ0v) is 13.1. The van der Waals surface area contributed by atoms with Crippen molar-refractivity contribution in [2.75, 3.05) is 6.61 Å². The van der Waals surface area contributed by atoms with E-state index in [1.807, 2.05) is 0 Å². The van der Waals surface area contributed by atoms with Gasteiger partial charge in [0.2, 0.25) is 0 Å². The third-order valence-electron chi connectivity index (χ3n) is 3.22. The predicted molar refractivity (Wildman–Crippen MR) is 83.0 cm³/mol. The highest BCUT2D eigenvalue weighted by atomic mass is 19.4. The zero-order valence-electron chi connectivity index (χ0n) is 13.1. The van der Waals surface area contributed by atoms with E-state index in [0.717, 1.165) is 12.1 Å². The molecule has 0 aliphatic carbocycles. The summed E-state index contributed by atoms with van der Waals surface area (Å²) in [6, 6.07) is 4.78. The normalized spacial score (nSPS) is 12.2. The van der Waals surface area contributed by atoms with Crippen molar-refractivity contribution >= 4 is 11.7 Å². The second kappa shape index (κ2) is 8.32. The Bertz CT molecular complexity index is 728. The van der Waals surface area contributed by atoms with E-state index < -0.39 is 17.7 Å². The van der Waals surface area contributed by atoms with Gasteiger partial charge in [-0.05, 0) is 18.6 Å². The molecule has 1 N–H and O–H groups in total. The molecule has 0 atom stereocenters. The monoisotopic (exact) mass is 355 g/mol. The number of benzene rings is 1. The first-order valence-corrected chi connectivity index (χ1v) is 7.40. The Kier molecular flexibility index (Phi) is 6.15. The summed E-state index contributed by atoms with van der Waals surface area (Å²) in [4.78, 5) is 19.4. The number of alkyl halides is 3. The van der Waals surface area contributed by atoms with Crippen LogP contribution in [0.15, 0.2) is 48.1 Å². The van der Waals surface area contributed by atoms with Crippen LogP contribution in [0.5, 0.6) is 0 Å². The van der Waals surface area contributed by atoms with E-state index in [1.54, 1.807) is 10.8 Å². The number of rotatable bonds is 8. The van der Waals surface area contributed by atoms with Crippen molar-refractivity contribution < 1.29 is 27.9 Å². The summed E-state index contributed by atoms with van der Waals surface area (Å²) in [6.07, 6.45) is 0.409. The average molecular weight is 355 g/mol. The maximum absolute atomic E-state index is 12.9. The number of imidazole rings is 1. The first-order chi connectivity index (χ1) is 11.9. The number of aromatic nitrogens is 2. The van der Waals surface area contributed by atoms with Gasteiger partial charge in [0, 0.05) is 24.4 Å². The molecule has 1 heterocycles. The van der Waals surface area contributed by atoms with E-state index in [1.165, 1.54) is 24.7 Å². The molecular formula is C16H16F3N3O3. The topological polar surface area (TPSA) is 76.7 Å². The number of hydrogen-bond donors (Lipinski definition) is 1. The lowest BCUT2D eigenvalue weighted by atomic mass is 10.1. The Balaban J connectivity index is 2.17.